The second-order valence-electron chi connectivity index (χ2n) is 12.1. The van der Waals surface area contributed by atoms with Crippen LogP contribution in [-0.4, -0.2) is 19.5 Å². The summed E-state index contributed by atoms with van der Waals surface area (Å²) >= 11 is 0. The van der Waals surface area contributed by atoms with Crippen LogP contribution in [0.2, 0.25) is 0 Å². The Morgan fingerprint density at radius 3 is 1.53 bits per heavy atom. The monoisotopic (exact) mass is 626 g/mol. The van der Waals surface area contributed by atoms with E-state index in [0.29, 0.717) is 17.6 Å². The van der Waals surface area contributed by atoms with Crippen LogP contribution in [0, 0.1) is 0 Å². The van der Waals surface area contributed by atoms with Crippen molar-refractivity contribution < 1.29 is 0 Å². The molecule has 0 amide bonds. The van der Waals surface area contributed by atoms with Gasteiger partial charge in [-0.2, -0.15) is 9.97 Å². The Kier molecular flexibility index (Phi) is 7.10. The largest absolute Gasteiger partial charge is 0.277 e. The molecule has 0 saturated heterocycles. The molecule has 0 aliphatic rings. The van der Waals surface area contributed by atoms with Crippen LogP contribution in [0.3, 0.4) is 0 Å². The summed E-state index contributed by atoms with van der Waals surface area (Å²) in [7, 11) is 0. The third-order valence-electron chi connectivity index (χ3n) is 9.08. The van der Waals surface area contributed by atoms with Gasteiger partial charge in [0, 0.05) is 27.5 Å². The van der Waals surface area contributed by atoms with Crippen LogP contribution in [0.1, 0.15) is 0 Å². The zero-order valence-electron chi connectivity index (χ0n) is 26.6. The first-order valence-electron chi connectivity index (χ1n) is 16.5. The van der Waals surface area contributed by atoms with Gasteiger partial charge < -0.3 is 0 Å². The fraction of sp³-hybridized carbons (Fsp3) is 0. The zero-order chi connectivity index (χ0) is 32.6. The normalized spacial score (nSPS) is 11.3. The predicted octanol–water partition coefficient (Wildman–Crippen LogP) is 11.3. The molecular weight excluding hydrogens is 597 g/mol. The Bertz CT molecular complexity index is 2570. The molecule has 0 aliphatic heterocycles. The van der Waals surface area contributed by atoms with Crippen LogP contribution in [0.25, 0.3) is 83.9 Å². The molecule has 49 heavy (non-hydrogen) atoms. The molecule has 0 atom stereocenters. The van der Waals surface area contributed by atoms with Crippen LogP contribution < -0.4 is 0 Å². The molecule has 2 aromatic heterocycles. The maximum atomic E-state index is 5.24. The van der Waals surface area contributed by atoms with Crippen molar-refractivity contribution in [3.63, 3.8) is 0 Å². The summed E-state index contributed by atoms with van der Waals surface area (Å²) in [4.78, 5) is 15.5. The molecule has 0 fully saturated rings. The maximum Gasteiger partial charge on any atom is 0.238 e. The van der Waals surface area contributed by atoms with E-state index in [1.54, 1.807) is 0 Å². The SMILES string of the molecule is c1ccc(-c2ccc(-c3cccc4c5ccccc5n(-c5nc(-c6ccccc6)nc(-c6cccc(-c7ccccc7)c6)n5)c34)cc2)cc1. The van der Waals surface area contributed by atoms with Crippen molar-refractivity contribution in [3.8, 4) is 62.1 Å². The second kappa shape index (κ2) is 12.2. The zero-order valence-corrected chi connectivity index (χ0v) is 26.6. The van der Waals surface area contributed by atoms with E-state index in [9.17, 15) is 0 Å². The number of nitrogens with zero attached hydrogens (tertiary/aromatic N) is 4. The van der Waals surface area contributed by atoms with Gasteiger partial charge in [-0.05, 0) is 39.9 Å². The first-order chi connectivity index (χ1) is 24.3. The van der Waals surface area contributed by atoms with Crippen molar-refractivity contribution in [1.29, 1.82) is 0 Å². The van der Waals surface area contributed by atoms with E-state index >= 15 is 0 Å². The van der Waals surface area contributed by atoms with E-state index in [0.717, 1.165) is 55.2 Å². The highest BCUT2D eigenvalue weighted by Crippen LogP contribution is 2.38. The molecule has 2 heterocycles. The number of aromatic nitrogens is 4. The standard InChI is InChI=1S/C45H30N4/c1-4-14-31(15-5-1)33-26-28-34(29-27-33)38-23-13-24-40-39-22-10-11-25-41(39)49(42(38)40)45-47-43(35-18-8-3-9-19-35)46-44(48-45)37-21-12-20-36(30-37)32-16-6-2-7-17-32/h1-30H. The van der Waals surface area contributed by atoms with Gasteiger partial charge in [0.15, 0.2) is 11.6 Å². The molecule has 0 bridgehead atoms. The van der Waals surface area contributed by atoms with E-state index < -0.39 is 0 Å². The number of rotatable bonds is 6. The molecule has 0 radical (unpaired) electrons. The Labute approximate surface area is 284 Å². The van der Waals surface area contributed by atoms with Gasteiger partial charge in [-0.15, -0.1) is 0 Å². The van der Waals surface area contributed by atoms with Crippen LogP contribution in [0.15, 0.2) is 182 Å². The van der Waals surface area contributed by atoms with Crippen LogP contribution in [0.5, 0.6) is 0 Å². The van der Waals surface area contributed by atoms with Crippen molar-refractivity contribution in [2.75, 3.05) is 0 Å². The minimum Gasteiger partial charge on any atom is -0.277 e. The fourth-order valence-electron chi connectivity index (χ4n) is 6.71. The lowest BCUT2D eigenvalue weighted by molar-refractivity contribution is 0.954. The fourth-order valence-corrected chi connectivity index (χ4v) is 6.71. The lowest BCUT2D eigenvalue weighted by Gasteiger charge is -2.13. The minimum absolute atomic E-state index is 0.577. The van der Waals surface area contributed by atoms with E-state index in [-0.39, 0.29) is 0 Å². The van der Waals surface area contributed by atoms with Crippen molar-refractivity contribution in [1.82, 2.24) is 19.5 Å². The highest BCUT2D eigenvalue weighted by Gasteiger charge is 2.20. The lowest BCUT2D eigenvalue weighted by Crippen LogP contribution is -2.07. The van der Waals surface area contributed by atoms with E-state index in [1.807, 2.05) is 30.3 Å². The Morgan fingerprint density at radius 1 is 0.327 bits per heavy atom. The van der Waals surface area contributed by atoms with Crippen LogP contribution in [-0.2, 0) is 0 Å². The first-order valence-corrected chi connectivity index (χ1v) is 16.5. The Morgan fingerprint density at radius 2 is 0.816 bits per heavy atom. The van der Waals surface area contributed by atoms with Crippen molar-refractivity contribution >= 4 is 21.8 Å². The molecule has 0 N–H and O–H groups in total. The molecule has 9 aromatic rings. The van der Waals surface area contributed by atoms with Crippen molar-refractivity contribution in [2.24, 2.45) is 0 Å². The van der Waals surface area contributed by atoms with Gasteiger partial charge in [0.05, 0.1) is 11.0 Å². The smallest absolute Gasteiger partial charge is 0.238 e. The molecule has 0 aliphatic carbocycles. The highest BCUT2D eigenvalue weighted by atomic mass is 15.2. The summed E-state index contributed by atoms with van der Waals surface area (Å²) in [5, 5.41) is 2.30. The van der Waals surface area contributed by atoms with Gasteiger partial charge in [0.2, 0.25) is 5.95 Å². The number of fused-ring (bicyclic) bond motifs is 3. The second-order valence-corrected chi connectivity index (χ2v) is 12.1. The maximum absolute atomic E-state index is 5.24. The van der Waals surface area contributed by atoms with Gasteiger partial charge in [0.1, 0.15) is 0 Å². The molecule has 230 valence electrons. The number of benzene rings is 7. The molecule has 0 unspecified atom stereocenters. The summed E-state index contributed by atoms with van der Waals surface area (Å²) in [5.41, 5.74) is 10.8. The van der Waals surface area contributed by atoms with Crippen molar-refractivity contribution in [2.45, 2.75) is 0 Å². The molecule has 4 heteroatoms. The Balaban J connectivity index is 1.28. The molecule has 7 aromatic carbocycles. The summed E-state index contributed by atoms with van der Waals surface area (Å²) in [6, 6.07) is 63.3. The van der Waals surface area contributed by atoms with Crippen molar-refractivity contribution in [3.05, 3.63) is 182 Å². The van der Waals surface area contributed by atoms with E-state index in [2.05, 4.69) is 156 Å². The van der Waals surface area contributed by atoms with E-state index in [1.165, 1.54) is 11.1 Å². The summed E-state index contributed by atoms with van der Waals surface area (Å²) in [5.74, 6) is 1.83. The predicted molar refractivity (Wildman–Crippen MR) is 201 cm³/mol. The highest BCUT2D eigenvalue weighted by molar-refractivity contribution is 6.13. The van der Waals surface area contributed by atoms with Gasteiger partial charge in [0.25, 0.3) is 0 Å². The number of para-hydroxylation sites is 2. The molecule has 9 rings (SSSR count). The van der Waals surface area contributed by atoms with Gasteiger partial charge in [-0.25, -0.2) is 4.98 Å². The summed E-state index contributed by atoms with van der Waals surface area (Å²) < 4.78 is 2.21. The first kappa shape index (κ1) is 28.6. The average molecular weight is 627 g/mol. The Hall–Kier alpha value is -6.65. The quantitative estimate of drug-likeness (QED) is 0.184. The summed E-state index contributed by atoms with van der Waals surface area (Å²) in [6.45, 7) is 0. The van der Waals surface area contributed by atoms with E-state index in [4.69, 9.17) is 15.0 Å². The van der Waals surface area contributed by atoms with Gasteiger partial charge >= 0.3 is 0 Å². The molecular formula is C45H30N4. The summed E-state index contributed by atoms with van der Waals surface area (Å²) in [6.07, 6.45) is 0. The van der Waals surface area contributed by atoms with Crippen LogP contribution in [0.4, 0.5) is 0 Å². The lowest BCUT2D eigenvalue weighted by atomic mass is 9.98. The van der Waals surface area contributed by atoms with Crippen LogP contribution >= 0.6 is 0 Å². The third kappa shape index (κ3) is 5.26. The average Bonchev–Trinajstić information content (AvgIpc) is 3.54. The van der Waals surface area contributed by atoms with Gasteiger partial charge in [-0.1, -0.05) is 170 Å². The molecule has 0 spiro atoms. The number of hydrogen-bond acceptors (Lipinski definition) is 3. The molecule has 0 saturated carbocycles. The number of hydrogen-bond donors (Lipinski definition) is 0. The van der Waals surface area contributed by atoms with Gasteiger partial charge in [-0.3, -0.25) is 4.57 Å². The molecule has 4 nitrogen and oxygen atoms in total. The minimum atomic E-state index is 0.577. The topological polar surface area (TPSA) is 43.6 Å². The third-order valence-corrected chi connectivity index (χ3v) is 9.08.